The van der Waals surface area contributed by atoms with Gasteiger partial charge in [-0.05, 0) is 56.2 Å². The number of hydrogen-bond acceptors (Lipinski definition) is 11. The van der Waals surface area contributed by atoms with E-state index in [2.05, 4.69) is 54.3 Å². The molecule has 302 valence electrons. The van der Waals surface area contributed by atoms with Gasteiger partial charge in [0.1, 0.15) is 23.2 Å². The van der Waals surface area contributed by atoms with Crippen LogP contribution in [0.1, 0.15) is 75.8 Å². The minimum atomic E-state index is -0.679. The summed E-state index contributed by atoms with van der Waals surface area (Å²) in [6.45, 7) is 2.33. The Morgan fingerprint density at radius 3 is 1.79 bits per heavy atom. The van der Waals surface area contributed by atoms with Gasteiger partial charge in [-0.2, -0.15) is 13.5 Å². The minimum Gasteiger partial charge on any atom is -0.444 e. The first-order chi connectivity index (χ1) is 26.4. The second-order valence-corrected chi connectivity index (χ2v) is 16.0. The standard InChI is InChI=1S/C13H18N4O3.C11H11N3O3.C10H13N3O2.S3.H2S/c1-2-14-13(20)16-11-9(18)6-8-10(11)15-12(19)7-4-3-5-17(7)8;15-10-5-2-1-3-14(5)6-4-7-9(8(6)12-10)13-11(16)17-7;11-8-7(14)4-6-9(8)12-10(15)5-2-1-3-13(5)6;1-3-2;/h3-5,8-11,18H,2,6H2,1H3,(H,15,19)(H2,14,16,20);1-3,6-9H,4H2,(H,12,15)(H,13,16);1-3,6-9,14H,4,11H2,(H,12,15);;1H2/t8-,9-,10-,11-;2*6-,7-,8-,9-;;/m111../s1. The zero-order valence-electron chi connectivity index (χ0n) is 29.9. The number of rotatable bonds is 2. The summed E-state index contributed by atoms with van der Waals surface area (Å²) in [6, 6.07) is 9.31. The monoisotopic (exact) mass is 848 g/mol. The Hall–Kier alpha value is -4.32. The molecule has 1 saturated heterocycles. The van der Waals surface area contributed by atoms with E-state index in [4.69, 9.17) is 10.5 Å². The first-order valence-corrected chi connectivity index (χ1v) is 20.6. The molecule has 22 heteroatoms. The van der Waals surface area contributed by atoms with Crippen LogP contribution in [0.3, 0.4) is 0 Å². The molecular formula is C34H44N10O8S4. The van der Waals surface area contributed by atoms with Crippen molar-refractivity contribution in [3.05, 3.63) is 72.1 Å². The predicted octanol–water partition coefficient (Wildman–Crippen LogP) is -1.05. The molecule has 10 rings (SSSR count). The number of aliphatic hydroxyl groups excluding tert-OH is 2. The van der Waals surface area contributed by atoms with Crippen molar-refractivity contribution in [3.63, 3.8) is 0 Å². The third kappa shape index (κ3) is 7.57. The third-order valence-electron chi connectivity index (χ3n) is 11.3. The average Bonchev–Trinajstić information content (AvgIpc) is 4.00. The Balaban J connectivity index is 0.000000137. The summed E-state index contributed by atoms with van der Waals surface area (Å²) in [5.74, 6) is -0.364. The molecule has 3 aliphatic carbocycles. The lowest BCUT2D eigenvalue weighted by Crippen LogP contribution is -2.58. The average molecular weight is 849 g/mol. The lowest BCUT2D eigenvalue weighted by atomic mass is 10.1. The van der Waals surface area contributed by atoms with Gasteiger partial charge in [-0.1, -0.05) is 0 Å². The number of carbonyl (C=O) groups excluding carboxylic acids is 5. The molecule has 3 saturated carbocycles. The van der Waals surface area contributed by atoms with Crippen LogP contribution in [0, 0.1) is 0 Å². The van der Waals surface area contributed by atoms with Gasteiger partial charge >= 0.3 is 12.1 Å². The molecule has 18 nitrogen and oxygen atoms in total. The van der Waals surface area contributed by atoms with Gasteiger partial charge in [-0.15, -0.1) is 0 Å². The SMILES string of the molecule is CCNC(=O)N[C@H]1[C@@H]2NC(=O)c3cccn3[C@@H]2C[C@H]1O.N[C@H]1[C@@H]2NC(=O)c3cccn3[C@@H]2C[C@H]1O.O=C1N[C@H]2[C@@H]3NC(=O)c4cccn4[C@@H]3C[C@H]2O1.S.S=S=S. The molecule has 7 heterocycles. The quantitative estimate of drug-likeness (QED) is 0.151. The van der Waals surface area contributed by atoms with Crippen LogP contribution < -0.4 is 37.6 Å². The highest BCUT2D eigenvalue weighted by molar-refractivity contribution is 8.37. The first kappa shape index (κ1) is 41.3. The Bertz CT molecular complexity index is 2020. The number of nitrogens with two attached hydrogens (primary N) is 1. The Morgan fingerprint density at radius 1 is 0.786 bits per heavy atom. The number of alkyl carbamates (subject to hydrolysis) is 1. The second kappa shape index (κ2) is 17.0. The summed E-state index contributed by atoms with van der Waals surface area (Å²) in [5, 5.41) is 36.7. The highest BCUT2D eigenvalue weighted by Crippen LogP contribution is 2.39. The summed E-state index contributed by atoms with van der Waals surface area (Å²) < 4.78 is 11.0. The molecule has 0 unspecified atom stereocenters. The van der Waals surface area contributed by atoms with E-state index in [1.54, 1.807) is 18.2 Å². The summed E-state index contributed by atoms with van der Waals surface area (Å²) in [6.07, 6.45) is 5.75. The topological polar surface area (TPSA) is 248 Å². The normalized spacial score (nSPS) is 33.1. The number of ether oxygens (including phenoxy) is 1. The highest BCUT2D eigenvalue weighted by Gasteiger charge is 2.53. The van der Waals surface area contributed by atoms with Crippen LogP contribution in [-0.2, 0) is 36.0 Å². The molecule has 0 bridgehead atoms. The van der Waals surface area contributed by atoms with E-state index in [9.17, 15) is 34.2 Å². The van der Waals surface area contributed by atoms with Crippen molar-refractivity contribution in [3.8, 4) is 0 Å². The molecule has 56 heavy (non-hydrogen) atoms. The van der Waals surface area contributed by atoms with Crippen molar-refractivity contribution in [2.75, 3.05) is 6.54 Å². The molecular weight excluding hydrogens is 805 g/mol. The van der Waals surface area contributed by atoms with Crippen molar-refractivity contribution in [1.82, 2.24) is 45.6 Å². The molecule has 0 aromatic carbocycles. The van der Waals surface area contributed by atoms with E-state index >= 15 is 0 Å². The smallest absolute Gasteiger partial charge is 0.407 e. The van der Waals surface area contributed by atoms with Crippen molar-refractivity contribution < 1.29 is 38.9 Å². The van der Waals surface area contributed by atoms with Crippen LogP contribution in [0.5, 0.6) is 0 Å². The molecule has 6 amide bonds. The van der Waals surface area contributed by atoms with Crippen molar-refractivity contribution in [2.24, 2.45) is 5.73 Å². The Morgan fingerprint density at radius 2 is 1.25 bits per heavy atom. The lowest BCUT2D eigenvalue weighted by Gasteiger charge is -2.32. The maximum absolute atomic E-state index is 12.0. The van der Waals surface area contributed by atoms with Crippen LogP contribution in [-0.4, -0.2) is 115 Å². The van der Waals surface area contributed by atoms with Gasteiger partial charge in [0, 0.05) is 62.8 Å². The van der Waals surface area contributed by atoms with Crippen LogP contribution >= 0.6 is 13.5 Å². The van der Waals surface area contributed by atoms with Gasteiger partial charge in [-0.25, -0.2) is 9.59 Å². The van der Waals surface area contributed by atoms with E-state index in [0.29, 0.717) is 36.5 Å². The number of carbonyl (C=O) groups is 5. The van der Waals surface area contributed by atoms with Gasteiger partial charge in [0.05, 0.1) is 66.6 Å². The van der Waals surface area contributed by atoms with Crippen LogP contribution in [0.4, 0.5) is 9.59 Å². The van der Waals surface area contributed by atoms with Gasteiger partial charge in [-0.3, -0.25) is 14.4 Å². The van der Waals surface area contributed by atoms with Gasteiger partial charge < -0.3 is 66.3 Å². The Labute approximate surface area is 340 Å². The predicted molar refractivity (Wildman–Crippen MR) is 214 cm³/mol. The fourth-order valence-electron chi connectivity index (χ4n) is 8.96. The fraction of sp³-hybridized carbons (Fsp3) is 0.500. The molecule has 4 aliphatic heterocycles. The van der Waals surface area contributed by atoms with Crippen molar-refractivity contribution in [2.45, 2.75) is 98.9 Å². The molecule has 4 fully saturated rings. The summed E-state index contributed by atoms with van der Waals surface area (Å²) in [5.41, 5.74) is 7.77. The Kier molecular flexibility index (Phi) is 12.6. The molecule has 12 atom stereocenters. The van der Waals surface area contributed by atoms with Gasteiger partial charge in [0.15, 0.2) is 0 Å². The minimum absolute atomic E-state index is 0. The van der Waals surface area contributed by atoms with Crippen molar-refractivity contribution in [1.29, 1.82) is 0 Å². The number of fused-ring (bicyclic) bond motifs is 11. The van der Waals surface area contributed by atoms with E-state index < -0.39 is 18.2 Å². The summed E-state index contributed by atoms with van der Waals surface area (Å²) in [4.78, 5) is 58.4. The van der Waals surface area contributed by atoms with E-state index in [1.807, 2.05) is 57.4 Å². The van der Waals surface area contributed by atoms with E-state index in [0.717, 1.165) is 15.3 Å². The number of aromatic nitrogens is 3. The zero-order valence-corrected chi connectivity index (χ0v) is 33.4. The van der Waals surface area contributed by atoms with E-state index in [1.165, 1.54) is 0 Å². The first-order valence-electron chi connectivity index (χ1n) is 17.9. The molecule has 0 radical (unpaired) electrons. The molecule has 10 N–H and O–H groups in total. The van der Waals surface area contributed by atoms with Crippen molar-refractivity contribution >= 4 is 74.6 Å². The number of hydrogen-bond donors (Lipinski definition) is 9. The summed E-state index contributed by atoms with van der Waals surface area (Å²) in [7, 11) is 0.917. The van der Waals surface area contributed by atoms with Crippen LogP contribution in [0.15, 0.2) is 55.0 Å². The highest BCUT2D eigenvalue weighted by atomic mass is 33.1. The number of amides is 6. The number of nitrogens with zero attached hydrogens (tertiary/aromatic N) is 3. The largest absolute Gasteiger partial charge is 0.444 e. The molecule has 3 aromatic heterocycles. The number of nitrogens with one attached hydrogen (secondary N) is 6. The second-order valence-electron chi connectivity index (χ2n) is 14.2. The third-order valence-corrected chi connectivity index (χ3v) is 11.3. The molecule has 0 spiro atoms. The van der Waals surface area contributed by atoms with E-state index in [-0.39, 0.29) is 97.8 Å². The molecule has 7 aliphatic rings. The fourth-order valence-corrected chi connectivity index (χ4v) is 8.96. The molecule has 3 aromatic rings. The number of urea groups is 1. The van der Waals surface area contributed by atoms with Gasteiger partial charge in [0.2, 0.25) is 0 Å². The van der Waals surface area contributed by atoms with Crippen LogP contribution in [0.25, 0.3) is 0 Å². The summed E-state index contributed by atoms with van der Waals surface area (Å²) >= 11 is 8.25. The van der Waals surface area contributed by atoms with Gasteiger partial charge in [0.25, 0.3) is 17.7 Å². The lowest BCUT2D eigenvalue weighted by molar-refractivity contribution is 0.0868. The zero-order chi connectivity index (χ0) is 39.1. The van der Waals surface area contributed by atoms with Crippen LogP contribution in [0.2, 0.25) is 0 Å². The number of aliphatic hydroxyl groups is 2. The maximum atomic E-state index is 12.0. The maximum Gasteiger partial charge on any atom is 0.407 e.